The second-order valence-electron chi connectivity index (χ2n) is 3.56. The van der Waals surface area contributed by atoms with Gasteiger partial charge < -0.3 is 10.1 Å². The Morgan fingerprint density at radius 3 is 2.69 bits per heavy atom. The number of hydrogen-bond donors (Lipinski definition) is 1. The van der Waals surface area contributed by atoms with Gasteiger partial charge >= 0.3 is 6.18 Å². The maximum Gasteiger partial charge on any atom is 0.433 e. The van der Waals surface area contributed by atoms with E-state index in [1.165, 1.54) is 12.3 Å². The summed E-state index contributed by atoms with van der Waals surface area (Å²) in [6.07, 6.45) is -3.13. The van der Waals surface area contributed by atoms with Crippen molar-refractivity contribution >= 4 is 0 Å². The molecule has 0 spiro atoms. The molecule has 0 amide bonds. The van der Waals surface area contributed by atoms with E-state index in [1.807, 2.05) is 0 Å². The monoisotopic (exact) mass is 232 g/mol. The maximum atomic E-state index is 12.3. The van der Waals surface area contributed by atoms with E-state index in [0.717, 1.165) is 6.07 Å². The lowest BCUT2D eigenvalue weighted by Crippen LogP contribution is -2.34. The molecule has 6 heteroatoms. The van der Waals surface area contributed by atoms with Gasteiger partial charge in [0.05, 0.1) is 19.3 Å². The first kappa shape index (κ1) is 11.3. The van der Waals surface area contributed by atoms with Crippen LogP contribution in [-0.2, 0) is 10.9 Å². The second kappa shape index (κ2) is 4.39. The summed E-state index contributed by atoms with van der Waals surface area (Å²) in [6, 6.07) is 2.36. The van der Waals surface area contributed by atoms with Crippen LogP contribution in [0.3, 0.4) is 0 Å². The van der Waals surface area contributed by atoms with Gasteiger partial charge in [0.2, 0.25) is 0 Å². The van der Waals surface area contributed by atoms with Crippen LogP contribution in [0.4, 0.5) is 13.2 Å². The Morgan fingerprint density at radius 1 is 1.38 bits per heavy atom. The molecule has 88 valence electrons. The Morgan fingerprint density at radius 2 is 2.19 bits per heavy atom. The lowest BCUT2D eigenvalue weighted by atomic mass is 10.1. The molecular formula is C10H11F3N2O. The number of nitrogens with one attached hydrogen (secondary N) is 1. The van der Waals surface area contributed by atoms with Crippen LogP contribution in [0.15, 0.2) is 18.3 Å². The molecule has 1 N–H and O–H groups in total. The first-order chi connectivity index (χ1) is 7.57. The number of alkyl halides is 3. The van der Waals surface area contributed by atoms with Crippen molar-refractivity contribution in [3.63, 3.8) is 0 Å². The smallest absolute Gasteiger partial charge is 0.378 e. The molecule has 0 bridgehead atoms. The highest BCUT2D eigenvalue weighted by Gasteiger charge is 2.32. The zero-order valence-electron chi connectivity index (χ0n) is 8.42. The summed E-state index contributed by atoms with van der Waals surface area (Å²) >= 11 is 0. The minimum absolute atomic E-state index is 0.0662. The number of aromatic nitrogens is 1. The van der Waals surface area contributed by atoms with Gasteiger partial charge in [0.1, 0.15) is 5.69 Å². The molecule has 1 aromatic heterocycles. The third kappa shape index (κ3) is 2.51. The summed E-state index contributed by atoms with van der Waals surface area (Å²) in [7, 11) is 0. The molecule has 1 aliphatic rings. The lowest BCUT2D eigenvalue weighted by Gasteiger charge is -2.24. The highest BCUT2D eigenvalue weighted by Crippen LogP contribution is 2.28. The molecule has 0 aliphatic carbocycles. The normalized spacial score (nSPS) is 22.1. The van der Waals surface area contributed by atoms with Crippen molar-refractivity contribution in [2.45, 2.75) is 12.2 Å². The average molecular weight is 232 g/mol. The molecule has 3 nitrogen and oxygen atoms in total. The fraction of sp³-hybridized carbons (Fsp3) is 0.500. The van der Waals surface area contributed by atoms with E-state index in [-0.39, 0.29) is 6.04 Å². The van der Waals surface area contributed by atoms with E-state index in [2.05, 4.69) is 10.3 Å². The van der Waals surface area contributed by atoms with Crippen molar-refractivity contribution < 1.29 is 17.9 Å². The third-order valence-corrected chi connectivity index (χ3v) is 2.40. The molecule has 2 heterocycles. The fourth-order valence-corrected chi connectivity index (χ4v) is 1.56. The number of ether oxygens (including phenoxy) is 1. The van der Waals surface area contributed by atoms with Crippen LogP contribution < -0.4 is 5.32 Å². The summed E-state index contributed by atoms with van der Waals surface area (Å²) in [6.45, 7) is 1.79. The van der Waals surface area contributed by atoms with Gasteiger partial charge in [-0.25, -0.2) is 0 Å². The van der Waals surface area contributed by atoms with E-state index in [9.17, 15) is 13.2 Å². The molecule has 1 saturated heterocycles. The van der Waals surface area contributed by atoms with Crippen LogP contribution >= 0.6 is 0 Å². The van der Waals surface area contributed by atoms with Crippen LogP contribution in [0.2, 0.25) is 0 Å². The van der Waals surface area contributed by atoms with Gasteiger partial charge in [0.25, 0.3) is 0 Å². The maximum absolute atomic E-state index is 12.3. The molecule has 1 unspecified atom stereocenters. The van der Waals surface area contributed by atoms with Crippen LogP contribution in [0.5, 0.6) is 0 Å². The number of nitrogens with zero attached hydrogens (tertiary/aromatic N) is 1. The van der Waals surface area contributed by atoms with Crippen LogP contribution in [0, 0.1) is 0 Å². The molecule has 16 heavy (non-hydrogen) atoms. The van der Waals surface area contributed by atoms with E-state index >= 15 is 0 Å². The predicted molar refractivity (Wildman–Crippen MR) is 50.8 cm³/mol. The first-order valence-corrected chi connectivity index (χ1v) is 4.91. The predicted octanol–water partition coefficient (Wildman–Crippen LogP) is 1.76. The zero-order valence-corrected chi connectivity index (χ0v) is 8.42. The molecule has 0 saturated carbocycles. The summed E-state index contributed by atoms with van der Waals surface area (Å²) < 4.78 is 42.0. The standard InChI is InChI=1S/C10H11F3N2O/c11-10(12,13)9-2-1-7(5-15-9)8-6-16-4-3-14-8/h1-2,5,8,14H,3-4,6H2. The Labute approximate surface area is 90.6 Å². The van der Waals surface area contributed by atoms with Gasteiger partial charge in [-0.3, -0.25) is 4.98 Å². The van der Waals surface area contributed by atoms with Crippen LogP contribution in [0.25, 0.3) is 0 Å². The SMILES string of the molecule is FC(F)(F)c1ccc(C2COCCN2)cn1. The van der Waals surface area contributed by atoms with Crippen molar-refractivity contribution in [3.05, 3.63) is 29.6 Å². The molecular weight excluding hydrogens is 221 g/mol. The van der Waals surface area contributed by atoms with Gasteiger partial charge in [-0.1, -0.05) is 6.07 Å². The second-order valence-corrected chi connectivity index (χ2v) is 3.56. The van der Waals surface area contributed by atoms with E-state index < -0.39 is 11.9 Å². The number of halogens is 3. The molecule has 2 rings (SSSR count). The minimum Gasteiger partial charge on any atom is -0.378 e. The number of rotatable bonds is 1. The zero-order chi connectivity index (χ0) is 11.6. The van der Waals surface area contributed by atoms with Crippen molar-refractivity contribution in [2.24, 2.45) is 0 Å². The topological polar surface area (TPSA) is 34.1 Å². The molecule has 1 atom stereocenters. The van der Waals surface area contributed by atoms with Gasteiger partial charge in [0, 0.05) is 12.7 Å². The molecule has 1 fully saturated rings. The highest BCUT2D eigenvalue weighted by atomic mass is 19.4. The summed E-state index contributed by atoms with van der Waals surface area (Å²) in [5.74, 6) is 0. The van der Waals surface area contributed by atoms with Gasteiger partial charge in [-0.05, 0) is 11.6 Å². The van der Waals surface area contributed by atoms with E-state index in [4.69, 9.17) is 4.74 Å². The Balaban J connectivity index is 2.12. The Kier molecular flexibility index (Phi) is 3.11. The van der Waals surface area contributed by atoms with E-state index in [0.29, 0.717) is 25.3 Å². The van der Waals surface area contributed by atoms with Crippen LogP contribution in [0.1, 0.15) is 17.3 Å². The molecule has 1 aliphatic heterocycles. The quantitative estimate of drug-likeness (QED) is 0.801. The Bertz CT molecular complexity index is 344. The highest BCUT2D eigenvalue weighted by molar-refractivity contribution is 5.19. The van der Waals surface area contributed by atoms with Crippen molar-refractivity contribution in [2.75, 3.05) is 19.8 Å². The fourth-order valence-electron chi connectivity index (χ4n) is 1.56. The number of pyridine rings is 1. The largest absolute Gasteiger partial charge is 0.433 e. The molecule has 0 aromatic carbocycles. The third-order valence-electron chi connectivity index (χ3n) is 2.40. The van der Waals surface area contributed by atoms with Crippen molar-refractivity contribution in [1.82, 2.24) is 10.3 Å². The molecule has 1 aromatic rings. The lowest BCUT2D eigenvalue weighted by molar-refractivity contribution is -0.141. The van der Waals surface area contributed by atoms with Crippen molar-refractivity contribution in [1.29, 1.82) is 0 Å². The molecule has 0 radical (unpaired) electrons. The summed E-state index contributed by atoms with van der Waals surface area (Å²) in [5.41, 5.74) is -0.152. The summed E-state index contributed by atoms with van der Waals surface area (Å²) in [5, 5.41) is 3.15. The average Bonchev–Trinajstić information content (AvgIpc) is 2.29. The van der Waals surface area contributed by atoms with Crippen LogP contribution in [-0.4, -0.2) is 24.7 Å². The first-order valence-electron chi connectivity index (χ1n) is 4.91. The number of morpholine rings is 1. The minimum atomic E-state index is -4.38. The van der Waals surface area contributed by atoms with Crippen molar-refractivity contribution in [3.8, 4) is 0 Å². The van der Waals surface area contributed by atoms with Gasteiger partial charge in [-0.15, -0.1) is 0 Å². The summed E-state index contributed by atoms with van der Waals surface area (Å²) in [4.78, 5) is 3.40. The number of hydrogen-bond acceptors (Lipinski definition) is 3. The van der Waals surface area contributed by atoms with Gasteiger partial charge in [0.15, 0.2) is 0 Å². The Hall–Kier alpha value is -1.14. The van der Waals surface area contributed by atoms with E-state index in [1.54, 1.807) is 0 Å². The van der Waals surface area contributed by atoms with Gasteiger partial charge in [-0.2, -0.15) is 13.2 Å².